The van der Waals surface area contributed by atoms with Crippen molar-refractivity contribution in [3.63, 3.8) is 0 Å². The molecule has 0 aromatic carbocycles. The fourth-order valence-electron chi connectivity index (χ4n) is 2.54. The van der Waals surface area contributed by atoms with E-state index in [0.29, 0.717) is 6.04 Å². The molecule has 0 amide bonds. The van der Waals surface area contributed by atoms with E-state index in [0.717, 1.165) is 30.9 Å². The van der Waals surface area contributed by atoms with E-state index in [1.54, 1.807) is 0 Å². The summed E-state index contributed by atoms with van der Waals surface area (Å²) in [5.41, 5.74) is 0. The van der Waals surface area contributed by atoms with Crippen LogP contribution < -0.4 is 10.6 Å². The molecule has 0 saturated heterocycles. The highest BCUT2D eigenvalue weighted by molar-refractivity contribution is 14.0. The lowest BCUT2D eigenvalue weighted by atomic mass is 9.82. The Morgan fingerprint density at radius 2 is 2.06 bits per heavy atom. The number of aliphatic imine (C=N–C) groups is 1. The van der Waals surface area contributed by atoms with E-state index in [-0.39, 0.29) is 24.0 Å². The van der Waals surface area contributed by atoms with Gasteiger partial charge in [-0.1, -0.05) is 19.8 Å². The van der Waals surface area contributed by atoms with E-state index < -0.39 is 0 Å². The summed E-state index contributed by atoms with van der Waals surface area (Å²) in [5, 5.41) is 6.67. The molecule has 2 N–H and O–H groups in total. The minimum absolute atomic E-state index is 0. The molecule has 0 radical (unpaired) electrons. The van der Waals surface area contributed by atoms with Gasteiger partial charge in [-0.25, -0.2) is 0 Å². The van der Waals surface area contributed by atoms with Gasteiger partial charge >= 0.3 is 0 Å². The van der Waals surface area contributed by atoms with Crippen LogP contribution in [0.25, 0.3) is 0 Å². The topological polar surface area (TPSA) is 36.4 Å². The number of hydrogen-bond donors (Lipinski definition) is 2. The molecule has 2 atom stereocenters. The summed E-state index contributed by atoms with van der Waals surface area (Å²) in [6, 6.07) is 0.443. The molecule has 1 fully saturated rings. The van der Waals surface area contributed by atoms with Crippen molar-refractivity contribution >= 4 is 29.9 Å². The zero-order chi connectivity index (χ0) is 12.7. The molecule has 0 aromatic rings. The number of halogens is 1. The van der Waals surface area contributed by atoms with Crippen LogP contribution >= 0.6 is 24.0 Å². The lowest BCUT2D eigenvalue weighted by Gasteiger charge is -2.25. The summed E-state index contributed by atoms with van der Waals surface area (Å²) in [7, 11) is 0. The number of guanidine groups is 1. The average Bonchev–Trinajstić information content (AvgIpc) is 2.26. The molecule has 1 aliphatic rings. The van der Waals surface area contributed by atoms with Crippen LogP contribution in [0.4, 0.5) is 0 Å². The first kappa shape index (κ1) is 18.0. The van der Waals surface area contributed by atoms with E-state index in [4.69, 9.17) is 4.99 Å². The fraction of sp³-hybridized carbons (Fsp3) is 0.929. The van der Waals surface area contributed by atoms with Gasteiger partial charge in [-0.15, -0.1) is 24.0 Å². The molecule has 2 unspecified atom stereocenters. The molecule has 108 valence electrons. The maximum Gasteiger partial charge on any atom is 0.191 e. The Morgan fingerprint density at radius 3 is 2.61 bits per heavy atom. The van der Waals surface area contributed by atoms with Crippen LogP contribution in [0, 0.1) is 11.8 Å². The van der Waals surface area contributed by atoms with Crippen LogP contribution in [-0.2, 0) is 0 Å². The minimum atomic E-state index is 0. The van der Waals surface area contributed by atoms with Gasteiger partial charge in [0.25, 0.3) is 0 Å². The number of hydrogen-bond acceptors (Lipinski definition) is 1. The normalized spacial score (nSPS) is 24.6. The van der Waals surface area contributed by atoms with Crippen molar-refractivity contribution in [2.24, 2.45) is 16.8 Å². The molecule has 1 rings (SSSR count). The average molecular weight is 367 g/mol. The molecule has 0 spiro atoms. The smallest absolute Gasteiger partial charge is 0.191 e. The van der Waals surface area contributed by atoms with Gasteiger partial charge in [0.05, 0.1) is 0 Å². The van der Waals surface area contributed by atoms with Crippen molar-refractivity contribution in [2.45, 2.75) is 59.4 Å². The van der Waals surface area contributed by atoms with E-state index >= 15 is 0 Å². The number of rotatable bonds is 4. The van der Waals surface area contributed by atoms with Gasteiger partial charge in [0, 0.05) is 19.1 Å². The first-order chi connectivity index (χ1) is 8.11. The van der Waals surface area contributed by atoms with Crippen molar-refractivity contribution in [1.29, 1.82) is 0 Å². The van der Waals surface area contributed by atoms with Crippen LogP contribution in [0.2, 0.25) is 0 Å². The molecule has 4 heteroatoms. The molecule has 1 aliphatic carbocycles. The zero-order valence-electron chi connectivity index (χ0n) is 12.3. The molecular formula is C14H30IN3. The van der Waals surface area contributed by atoms with Crippen molar-refractivity contribution in [3.8, 4) is 0 Å². The molecule has 0 bridgehead atoms. The highest BCUT2D eigenvalue weighted by Gasteiger charge is 2.18. The van der Waals surface area contributed by atoms with E-state index in [1.165, 1.54) is 25.7 Å². The third kappa shape index (κ3) is 7.44. The molecular weight excluding hydrogens is 337 g/mol. The van der Waals surface area contributed by atoms with Crippen molar-refractivity contribution in [2.75, 3.05) is 13.1 Å². The van der Waals surface area contributed by atoms with Crippen molar-refractivity contribution in [1.82, 2.24) is 10.6 Å². The molecule has 18 heavy (non-hydrogen) atoms. The summed E-state index contributed by atoms with van der Waals surface area (Å²) >= 11 is 0. The van der Waals surface area contributed by atoms with Gasteiger partial charge in [-0.2, -0.15) is 0 Å². The fourth-order valence-corrected chi connectivity index (χ4v) is 2.54. The lowest BCUT2D eigenvalue weighted by Crippen LogP contribution is -2.41. The Bertz CT molecular complexity index is 241. The highest BCUT2D eigenvalue weighted by atomic mass is 127. The Hall–Kier alpha value is 0. The number of nitrogens with one attached hydrogen (secondary N) is 2. The molecule has 0 aromatic heterocycles. The van der Waals surface area contributed by atoms with Gasteiger partial charge in [0.15, 0.2) is 5.96 Å². The Labute approximate surface area is 130 Å². The Balaban J connectivity index is 0.00000289. The third-order valence-corrected chi connectivity index (χ3v) is 3.32. The van der Waals surface area contributed by atoms with Crippen molar-refractivity contribution < 1.29 is 0 Å². The summed E-state index contributed by atoms with van der Waals surface area (Å²) in [5.74, 6) is 2.66. The Morgan fingerprint density at radius 1 is 1.33 bits per heavy atom. The predicted molar refractivity (Wildman–Crippen MR) is 90.8 cm³/mol. The second kappa shape index (κ2) is 9.87. The maximum atomic E-state index is 4.71. The standard InChI is InChI=1S/C14H29N3.HI/c1-5-15-14(17-11(2)3)16-10-13-8-6-7-12(4)9-13;/h11-13H,5-10H2,1-4H3,(H2,15,16,17);1H. The molecule has 3 nitrogen and oxygen atoms in total. The van der Waals surface area contributed by atoms with E-state index in [9.17, 15) is 0 Å². The van der Waals surface area contributed by atoms with Gasteiger partial charge < -0.3 is 10.6 Å². The molecule has 0 aliphatic heterocycles. The highest BCUT2D eigenvalue weighted by Crippen LogP contribution is 2.28. The Kier molecular flexibility index (Phi) is 9.87. The summed E-state index contributed by atoms with van der Waals surface area (Å²) in [6.07, 6.45) is 5.50. The van der Waals surface area contributed by atoms with Crippen LogP contribution in [0.1, 0.15) is 53.4 Å². The van der Waals surface area contributed by atoms with E-state index in [2.05, 4.69) is 38.3 Å². The SMILES string of the molecule is CCNC(=NCC1CCCC(C)C1)NC(C)C.I. The van der Waals surface area contributed by atoms with Gasteiger partial charge in [-0.05, 0) is 45.4 Å². The monoisotopic (exact) mass is 367 g/mol. The molecule has 1 saturated carbocycles. The van der Waals surface area contributed by atoms with Gasteiger partial charge in [0.1, 0.15) is 0 Å². The van der Waals surface area contributed by atoms with Gasteiger partial charge in [0.2, 0.25) is 0 Å². The third-order valence-electron chi connectivity index (χ3n) is 3.32. The van der Waals surface area contributed by atoms with Crippen LogP contribution in [0.3, 0.4) is 0 Å². The summed E-state index contributed by atoms with van der Waals surface area (Å²) in [4.78, 5) is 4.71. The summed E-state index contributed by atoms with van der Waals surface area (Å²) < 4.78 is 0. The quantitative estimate of drug-likeness (QED) is 0.454. The molecule has 0 heterocycles. The van der Waals surface area contributed by atoms with Crippen LogP contribution in [0.15, 0.2) is 4.99 Å². The second-order valence-corrected chi connectivity index (χ2v) is 5.66. The number of nitrogens with zero attached hydrogens (tertiary/aromatic N) is 1. The zero-order valence-corrected chi connectivity index (χ0v) is 14.7. The van der Waals surface area contributed by atoms with Crippen LogP contribution in [0.5, 0.6) is 0 Å². The second-order valence-electron chi connectivity index (χ2n) is 5.66. The first-order valence-electron chi connectivity index (χ1n) is 7.16. The lowest BCUT2D eigenvalue weighted by molar-refractivity contribution is 0.289. The largest absolute Gasteiger partial charge is 0.357 e. The van der Waals surface area contributed by atoms with Gasteiger partial charge in [-0.3, -0.25) is 4.99 Å². The predicted octanol–water partition coefficient (Wildman–Crippen LogP) is 3.39. The first-order valence-corrected chi connectivity index (χ1v) is 7.16. The van der Waals surface area contributed by atoms with Crippen molar-refractivity contribution in [3.05, 3.63) is 0 Å². The van der Waals surface area contributed by atoms with E-state index in [1.807, 2.05) is 0 Å². The maximum absolute atomic E-state index is 4.71. The summed E-state index contributed by atoms with van der Waals surface area (Å²) in [6.45, 7) is 10.7. The van der Waals surface area contributed by atoms with Crippen LogP contribution in [-0.4, -0.2) is 25.1 Å². The minimum Gasteiger partial charge on any atom is -0.357 e.